The monoisotopic (exact) mass is 338 g/mol. The molecule has 0 aliphatic rings. The molecule has 3 aromatic rings. The molecule has 3 rings (SSSR count). The molecule has 6 heteroatoms. The minimum Gasteiger partial charge on any atom is -0.497 e. The molecular formula is C19H22N4O2. The third-order valence-electron chi connectivity index (χ3n) is 3.91. The van der Waals surface area contributed by atoms with Gasteiger partial charge in [0, 0.05) is 5.56 Å². The molecule has 0 aliphatic heterocycles. The second kappa shape index (κ2) is 7.79. The van der Waals surface area contributed by atoms with Crippen molar-refractivity contribution in [1.29, 1.82) is 0 Å². The van der Waals surface area contributed by atoms with Crippen molar-refractivity contribution in [1.82, 2.24) is 20.2 Å². The summed E-state index contributed by atoms with van der Waals surface area (Å²) in [7, 11) is 1.64. The summed E-state index contributed by atoms with van der Waals surface area (Å²) in [6.45, 7) is 5.34. The molecule has 0 radical (unpaired) electrons. The lowest BCUT2D eigenvalue weighted by atomic mass is 10.0. The van der Waals surface area contributed by atoms with Gasteiger partial charge in [0.1, 0.15) is 18.1 Å². The van der Waals surface area contributed by atoms with Crippen LogP contribution in [0.5, 0.6) is 11.5 Å². The zero-order valence-electron chi connectivity index (χ0n) is 14.7. The highest BCUT2D eigenvalue weighted by molar-refractivity contribution is 5.54. The summed E-state index contributed by atoms with van der Waals surface area (Å²) in [4.78, 5) is 1.55. The van der Waals surface area contributed by atoms with Crippen LogP contribution in [0.15, 0.2) is 48.5 Å². The molecule has 1 heterocycles. The summed E-state index contributed by atoms with van der Waals surface area (Å²) in [5, 5.41) is 12.6. The van der Waals surface area contributed by atoms with E-state index in [4.69, 9.17) is 9.47 Å². The van der Waals surface area contributed by atoms with E-state index in [1.807, 2.05) is 36.4 Å². The van der Waals surface area contributed by atoms with E-state index in [2.05, 4.69) is 41.4 Å². The highest BCUT2D eigenvalue weighted by Crippen LogP contribution is 2.19. The van der Waals surface area contributed by atoms with Crippen LogP contribution in [-0.4, -0.2) is 33.9 Å². The quantitative estimate of drug-likeness (QED) is 0.659. The minimum atomic E-state index is 0.467. The summed E-state index contributed by atoms with van der Waals surface area (Å²) in [5.41, 5.74) is 2.26. The second-order valence-electron chi connectivity index (χ2n) is 6.01. The van der Waals surface area contributed by atoms with Gasteiger partial charge in [-0.1, -0.05) is 38.1 Å². The van der Waals surface area contributed by atoms with E-state index in [1.165, 1.54) is 5.56 Å². The highest BCUT2D eigenvalue weighted by atomic mass is 16.5. The average Bonchev–Trinajstić information content (AvgIpc) is 3.11. The molecule has 0 amide bonds. The zero-order chi connectivity index (χ0) is 17.6. The van der Waals surface area contributed by atoms with E-state index in [0.29, 0.717) is 24.9 Å². The van der Waals surface area contributed by atoms with E-state index >= 15 is 0 Å². The Bertz CT molecular complexity index is 795. The van der Waals surface area contributed by atoms with Crippen molar-refractivity contribution in [2.24, 2.45) is 0 Å². The van der Waals surface area contributed by atoms with Crippen molar-refractivity contribution in [2.75, 3.05) is 13.7 Å². The van der Waals surface area contributed by atoms with Crippen LogP contribution in [0.3, 0.4) is 0 Å². The molecule has 2 aromatic carbocycles. The van der Waals surface area contributed by atoms with Crippen LogP contribution in [-0.2, 0) is 6.54 Å². The lowest BCUT2D eigenvalue weighted by Gasteiger charge is -2.06. The number of hydrogen-bond donors (Lipinski definition) is 0. The Morgan fingerprint density at radius 1 is 0.960 bits per heavy atom. The van der Waals surface area contributed by atoms with Crippen LogP contribution in [0.4, 0.5) is 0 Å². The number of methoxy groups -OCH3 is 1. The molecule has 25 heavy (non-hydrogen) atoms. The predicted octanol–water partition coefficient (Wildman–Crippen LogP) is 3.55. The van der Waals surface area contributed by atoms with Crippen LogP contribution in [0.1, 0.15) is 25.3 Å². The van der Waals surface area contributed by atoms with Crippen molar-refractivity contribution in [3.8, 4) is 22.9 Å². The maximum Gasteiger partial charge on any atom is 0.204 e. The Hall–Kier alpha value is -2.89. The van der Waals surface area contributed by atoms with E-state index in [0.717, 1.165) is 17.1 Å². The first-order chi connectivity index (χ1) is 12.2. The van der Waals surface area contributed by atoms with Crippen LogP contribution in [0.2, 0.25) is 0 Å². The van der Waals surface area contributed by atoms with Gasteiger partial charge >= 0.3 is 0 Å². The maximum atomic E-state index is 5.68. The fourth-order valence-electron chi connectivity index (χ4n) is 2.39. The highest BCUT2D eigenvalue weighted by Gasteiger charge is 2.07. The summed E-state index contributed by atoms with van der Waals surface area (Å²) >= 11 is 0. The van der Waals surface area contributed by atoms with E-state index < -0.39 is 0 Å². The van der Waals surface area contributed by atoms with Gasteiger partial charge in [-0.3, -0.25) is 0 Å². The van der Waals surface area contributed by atoms with Gasteiger partial charge in [0.05, 0.1) is 13.7 Å². The molecule has 0 unspecified atom stereocenters. The Balaban J connectivity index is 1.56. The number of nitrogens with zero attached hydrogens (tertiary/aromatic N) is 4. The van der Waals surface area contributed by atoms with Crippen LogP contribution in [0.25, 0.3) is 11.4 Å². The fraction of sp³-hybridized carbons (Fsp3) is 0.316. The van der Waals surface area contributed by atoms with Crippen molar-refractivity contribution in [2.45, 2.75) is 26.3 Å². The molecule has 0 saturated carbocycles. The number of tetrazole rings is 1. The first kappa shape index (κ1) is 17.0. The molecule has 0 bridgehead atoms. The molecule has 0 atom stereocenters. The maximum absolute atomic E-state index is 5.68. The largest absolute Gasteiger partial charge is 0.497 e. The SMILES string of the molecule is COc1ccc(OCCn2nnc(-c3ccc(C(C)C)cc3)n2)cc1. The first-order valence-electron chi connectivity index (χ1n) is 8.30. The minimum absolute atomic E-state index is 0.467. The number of aromatic nitrogens is 4. The molecule has 0 fully saturated rings. The lowest BCUT2D eigenvalue weighted by molar-refractivity contribution is 0.280. The smallest absolute Gasteiger partial charge is 0.204 e. The van der Waals surface area contributed by atoms with Gasteiger partial charge in [0.25, 0.3) is 0 Å². The van der Waals surface area contributed by atoms with Crippen LogP contribution in [0, 0.1) is 0 Å². The van der Waals surface area contributed by atoms with Crippen LogP contribution >= 0.6 is 0 Å². The van der Waals surface area contributed by atoms with E-state index in [-0.39, 0.29) is 0 Å². The normalized spacial score (nSPS) is 10.9. The third kappa shape index (κ3) is 4.35. The Morgan fingerprint density at radius 3 is 2.28 bits per heavy atom. The van der Waals surface area contributed by atoms with Gasteiger partial charge in [-0.15, -0.1) is 10.2 Å². The summed E-state index contributed by atoms with van der Waals surface area (Å²) in [6, 6.07) is 15.7. The zero-order valence-corrected chi connectivity index (χ0v) is 14.7. The molecule has 130 valence electrons. The van der Waals surface area contributed by atoms with Crippen LogP contribution < -0.4 is 9.47 Å². The number of benzene rings is 2. The van der Waals surface area contributed by atoms with Gasteiger partial charge < -0.3 is 9.47 Å². The predicted molar refractivity (Wildman–Crippen MR) is 95.8 cm³/mol. The van der Waals surface area contributed by atoms with Crippen molar-refractivity contribution >= 4 is 0 Å². The standard InChI is InChI=1S/C19H22N4O2/c1-14(2)15-4-6-16(7-5-15)19-20-22-23(21-19)12-13-25-18-10-8-17(24-3)9-11-18/h4-11,14H,12-13H2,1-3H3. The van der Waals surface area contributed by atoms with Gasteiger partial charge in [-0.05, 0) is 41.0 Å². The molecule has 6 nitrogen and oxygen atoms in total. The first-order valence-corrected chi connectivity index (χ1v) is 8.30. The van der Waals surface area contributed by atoms with Gasteiger partial charge in [-0.2, -0.15) is 4.80 Å². The van der Waals surface area contributed by atoms with Crippen molar-refractivity contribution < 1.29 is 9.47 Å². The molecule has 0 N–H and O–H groups in total. The Labute approximate surface area is 147 Å². The number of rotatable bonds is 7. The van der Waals surface area contributed by atoms with E-state index in [9.17, 15) is 0 Å². The summed E-state index contributed by atoms with van der Waals surface area (Å²) < 4.78 is 10.8. The third-order valence-corrected chi connectivity index (χ3v) is 3.91. The number of ether oxygens (including phenoxy) is 2. The molecular weight excluding hydrogens is 316 g/mol. The Kier molecular flexibility index (Phi) is 5.28. The van der Waals surface area contributed by atoms with Crippen molar-refractivity contribution in [3.05, 3.63) is 54.1 Å². The lowest BCUT2D eigenvalue weighted by Crippen LogP contribution is -2.11. The fourth-order valence-corrected chi connectivity index (χ4v) is 2.39. The average molecular weight is 338 g/mol. The second-order valence-corrected chi connectivity index (χ2v) is 6.01. The summed E-state index contributed by atoms with van der Waals surface area (Å²) in [6.07, 6.45) is 0. The van der Waals surface area contributed by atoms with Gasteiger partial charge in [0.15, 0.2) is 0 Å². The molecule has 1 aromatic heterocycles. The molecule has 0 saturated heterocycles. The Morgan fingerprint density at radius 2 is 1.64 bits per heavy atom. The summed E-state index contributed by atoms with van der Waals surface area (Å²) in [5.74, 6) is 2.72. The topological polar surface area (TPSA) is 62.1 Å². The number of hydrogen-bond acceptors (Lipinski definition) is 5. The van der Waals surface area contributed by atoms with Gasteiger partial charge in [0.2, 0.25) is 5.82 Å². The molecule has 0 aliphatic carbocycles. The molecule has 0 spiro atoms. The van der Waals surface area contributed by atoms with Crippen molar-refractivity contribution in [3.63, 3.8) is 0 Å². The van der Waals surface area contributed by atoms with E-state index in [1.54, 1.807) is 11.9 Å². The van der Waals surface area contributed by atoms with Gasteiger partial charge in [-0.25, -0.2) is 0 Å².